The minimum absolute atomic E-state index is 0.139. The van der Waals surface area contributed by atoms with Gasteiger partial charge < -0.3 is 5.32 Å². The highest BCUT2D eigenvalue weighted by Gasteiger charge is 2.30. The van der Waals surface area contributed by atoms with E-state index in [4.69, 9.17) is 0 Å². The molecule has 0 unspecified atom stereocenters. The molecule has 0 bridgehead atoms. The monoisotopic (exact) mass is 409 g/mol. The van der Waals surface area contributed by atoms with Crippen LogP contribution < -0.4 is 5.32 Å². The third-order valence-corrected chi connectivity index (χ3v) is 4.78. The topological polar surface area (TPSA) is 29.1 Å². The number of hydrogen-bond acceptors (Lipinski definition) is 1. The molecule has 0 spiro atoms. The maximum Gasteiger partial charge on any atom is 0.416 e. The Morgan fingerprint density at radius 2 is 1.47 bits per heavy atom. The molecule has 2 nitrogen and oxygen atoms in total. The van der Waals surface area contributed by atoms with Gasteiger partial charge >= 0.3 is 6.18 Å². The largest absolute Gasteiger partial charge is 0.416 e. The van der Waals surface area contributed by atoms with Crippen LogP contribution in [0.25, 0.3) is 6.08 Å². The molecule has 1 amide bonds. The quantitative estimate of drug-likeness (QED) is 0.473. The van der Waals surface area contributed by atoms with Crippen LogP contribution in [0.3, 0.4) is 0 Å². The predicted molar refractivity (Wildman–Crippen MR) is 113 cm³/mol. The molecule has 3 aromatic rings. The fourth-order valence-electron chi connectivity index (χ4n) is 3.29. The van der Waals surface area contributed by atoms with E-state index >= 15 is 0 Å². The van der Waals surface area contributed by atoms with Gasteiger partial charge in [-0.2, -0.15) is 13.2 Å². The van der Waals surface area contributed by atoms with Gasteiger partial charge in [0.1, 0.15) is 0 Å². The normalized spacial score (nSPS) is 11.7. The summed E-state index contributed by atoms with van der Waals surface area (Å²) >= 11 is 0. The number of alkyl halides is 3. The molecule has 0 aliphatic heterocycles. The molecule has 3 rings (SSSR count). The first kappa shape index (κ1) is 21.4. The first-order valence-corrected chi connectivity index (χ1v) is 9.66. The molecule has 0 atom stereocenters. The van der Waals surface area contributed by atoms with Gasteiger partial charge in [-0.25, -0.2) is 0 Å². The Hall–Kier alpha value is -3.34. The lowest BCUT2D eigenvalue weighted by atomic mass is 9.88. The number of carbonyl (C=O) groups is 1. The number of halogens is 3. The predicted octanol–water partition coefficient (Wildman–Crippen LogP) is 6.06. The highest BCUT2D eigenvalue weighted by Crippen LogP contribution is 2.30. The Bertz CT molecular complexity index is 943. The molecule has 0 fully saturated rings. The summed E-state index contributed by atoms with van der Waals surface area (Å²) in [5.41, 5.74) is 1.92. The highest BCUT2D eigenvalue weighted by atomic mass is 19.4. The second kappa shape index (κ2) is 9.92. The third kappa shape index (κ3) is 6.08. The first-order chi connectivity index (χ1) is 14.4. The summed E-state index contributed by atoms with van der Waals surface area (Å²) in [7, 11) is 0. The minimum atomic E-state index is -4.41. The van der Waals surface area contributed by atoms with Crippen molar-refractivity contribution >= 4 is 12.0 Å². The molecule has 5 heteroatoms. The van der Waals surface area contributed by atoms with Crippen molar-refractivity contribution in [1.29, 1.82) is 0 Å². The lowest BCUT2D eigenvalue weighted by Crippen LogP contribution is -2.23. The standard InChI is InChI=1S/C25H22F3NO/c26-25(27,28)22-13-7-8-19(18-22)14-15-24(30)29-17-16-23(20-9-3-1-4-10-20)21-11-5-2-6-12-21/h1-15,18,23H,16-17H2,(H,29,30)/b15-14+. The van der Waals surface area contributed by atoms with Gasteiger partial charge in [-0.1, -0.05) is 72.8 Å². The summed E-state index contributed by atoms with van der Waals surface area (Å²) < 4.78 is 38.4. The van der Waals surface area contributed by atoms with Crippen molar-refractivity contribution in [1.82, 2.24) is 5.32 Å². The van der Waals surface area contributed by atoms with E-state index in [2.05, 4.69) is 29.6 Å². The van der Waals surface area contributed by atoms with Gasteiger partial charge in [0.2, 0.25) is 5.91 Å². The Morgan fingerprint density at radius 3 is 2.03 bits per heavy atom. The average molecular weight is 409 g/mol. The summed E-state index contributed by atoms with van der Waals surface area (Å²) in [6.07, 6.45) is -1.06. The molecule has 0 aliphatic carbocycles. The van der Waals surface area contributed by atoms with Crippen LogP contribution in [0.1, 0.15) is 34.6 Å². The Morgan fingerprint density at radius 1 is 0.867 bits per heavy atom. The second-order valence-electron chi connectivity index (χ2n) is 6.91. The lowest BCUT2D eigenvalue weighted by Gasteiger charge is -2.18. The van der Waals surface area contributed by atoms with Gasteiger partial charge in [0, 0.05) is 18.5 Å². The number of hydrogen-bond donors (Lipinski definition) is 1. The van der Waals surface area contributed by atoms with Crippen molar-refractivity contribution in [2.45, 2.75) is 18.5 Å². The van der Waals surface area contributed by atoms with E-state index in [1.54, 1.807) is 0 Å². The van der Waals surface area contributed by atoms with Gasteiger partial charge in [0.05, 0.1) is 5.56 Å². The van der Waals surface area contributed by atoms with E-state index in [1.807, 2.05) is 36.4 Å². The molecule has 0 aromatic heterocycles. The molecule has 0 heterocycles. The molecule has 3 aromatic carbocycles. The maximum atomic E-state index is 12.8. The van der Waals surface area contributed by atoms with E-state index in [9.17, 15) is 18.0 Å². The van der Waals surface area contributed by atoms with E-state index in [0.717, 1.165) is 23.3 Å². The lowest BCUT2D eigenvalue weighted by molar-refractivity contribution is -0.137. The zero-order chi connectivity index (χ0) is 21.4. The summed E-state index contributed by atoms with van der Waals surface area (Å²) in [5, 5.41) is 2.82. The molecule has 0 radical (unpaired) electrons. The fourth-order valence-corrected chi connectivity index (χ4v) is 3.29. The van der Waals surface area contributed by atoms with Gasteiger partial charge in [0.25, 0.3) is 0 Å². The van der Waals surface area contributed by atoms with Crippen molar-refractivity contribution in [3.63, 3.8) is 0 Å². The van der Waals surface area contributed by atoms with Crippen molar-refractivity contribution in [3.05, 3.63) is 113 Å². The Kier molecular flexibility index (Phi) is 7.07. The van der Waals surface area contributed by atoms with Gasteiger partial charge in [-0.3, -0.25) is 4.79 Å². The summed E-state index contributed by atoms with van der Waals surface area (Å²) in [6.45, 7) is 0.445. The van der Waals surface area contributed by atoms with Crippen LogP contribution in [-0.2, 0) is 11.0 Å². The van der Waals surface area contributed by atoms with Crippen molar-refractivity contribution in [2.75, 3.05) is 6.54 Å². The van der Waals surface area contributed by atoms with Gasteiger partial charge in [0.15, 0.2) is 0 Å². The van der Waals surface area contributed by atoms with Crippen molar-refractivity contribution in [2.24, 2.45) is 0 Å². The second-order valence-corrected chi connectivity index (χ2v) is 6.91. The summed E-state index contributed by atoms with van der Waals surface area (Å²) in [5.74, 6) is -0.201. The number of benzene rings is 3. The van der Waals surface area contributed by atoms with Crippen molar-refractivity contribution in [3.8, 4) is 0 Å². The van der Waals surface area contributed by atoms with Crippen LogP contribution in [0.2, 0.25) is 0 Å². The Balaban J connectivity index is 1.60. The number of nitrogens with one attached hydrogen (secondary N) is 1. The average Bonchev–Trinajstić information content (AvgIpc) is 2.76. The summed E-state index contributed by atoms with van der Waals surface area (Å²) in [6, 6.07) is 25.0. The fraction of sp³-hybridized carbons (Fsp3) is 0.160. The van der Waals surface area contributed by atoms with E-state index in [0.29, 0.717) is 18.5 Å². The molecule has 154 valence electrons. The van der Waals surface area contributed by atoms with Crippen LogP contribution in [0.4, 0.5) is 13.2 Å². The third-order valence-electron chi connectivity index (χ3n) is 4.78. The molecule has 30 heavy (non-hydrogen) atoms. The molecular formula is C25H22F3NO. The van der Waals surface area contributed by atoms with Crippen molar-refractivity contribution < 1.29 is 18.0 Å². The van der Waals surface area contributed by atoms with Crippen LogP contribution in [0.15, 0.2) is 91.0 Å². The molecule has 0 saturated carbocycles. The van der Waals surface area contributed by atoms with Crippen LogP contribution in [0.5, 0.6) is 0 Å². The maximum absolute atomic E-state index is 12.8. The zero-order valence-electron chi connectivity index (χ0n) is 16.3. The van der Waals surface area contributed by atoms with E-state index < -0.39 is 11.7 Å². The molecule has 1 N–H and O–H groups in total. The van der Waals surface area contributed by atoms with E-state index in [1.165, 1.54) is 24.3 Å². The van der Waals surface area contributed by atoms with Gasteiger partial charge in [-0.05, 0) is 41.3 Å². The number of rotatable bonds is 7. The van der Waals surface area contributed by atoms with E-state index in [-0.39, 0.29) is 11.8 Å². The Labute approximate surface area is 174 Å². The smallest absolute Gasteiger partial charge is 0.353 e. The highest BCUT2D eigenvalue weighted by molar-refractivity contribution is 5.91. The van der Waals surface area contributed by atoms with Crippen LogP contribution in [-0.4, -0.2) is 12.5 Å². The zero-order valence-corrected chi connectivity index (χ0v) is 16.3. The molecular weight excluding hydrogens is 387 g/mol. The molecule has 0 saturated heterocycles. The number of carbonyl (C=O) groups excluding carboxylic acids is 1. The van der Waals surface area contributed by atoms with Crippen LogP contribution >= 0.6 is 0 Å². The van der Waals surface area contributed by atoms with Crippen LogP contribution in [0, 0.1) is 0 Å². The SMILES string of the molecule is O=C(/C=C/c1cccc(C(F)(F)F)c1)NCCC(c1ccccc1)c1ccccc1. The first-order valence-electron chi connectivity index (χ1n) is 9.66. The summed E-state index contributed by atoms with van der Waals surface area (Å²) in [4.78, 5) is 12.1. The molecule has 0 aliphatic rings. The number of amides is 1. The van der Waals surface area contributed by atoms with Gasteiger partial charge in [-0.15, -0.1) is 0 Å². The minimum Gasteiger partial charge on any atom is -0.353 e.